The SMILES string of the molecule is O=C1/C(=C/c2cc(Br)cs2)SC(=S)N1c1cccnc1. The molecule has 0 saturated carbocycles. The molecular formula is C13H7BrN2OS3. The van der Waals surface area contributed by atoms with Crippen LogP contribution in [0.5, 0.6) is 0 Å². The van der Waals surface area contributed by atoms with Gasteiger partial charge in [-0.15, -0.1) is 11.3 Å². The van der Waals surface area contributed by atoms with Crippen LogP contribution in [0.25, 0.3) is 6.08 Å². The first-order valence-corrected chi connectivity index (χ1v) is 8.47. The highest BCUT2D eigenvalue weighted by Gasteiger charge is 2.33. The molecule has 1 aliphatic rings. The van der Waals surface area contributed by atoms with Crippen LogP contribution in [0, 0.1) is 0 Å². The van der Waals surface area contributed by atoms with Gasteiger partial charge in [0.1, 0.15) is 0 Å². The second-order valence-electron chi connectivity index (χ2n) is 3.90. The van der Waals surface area contributed by atoms with Crippen molar-refractivity contribution in [2.75, 3.05) is 4.90 Å². The number of thiophene rings is 1. The van der Waals surface area contributed by atoms with Crippen molar-refractivity contribution < 1.29 is 4.79 Å². The summed E-state index contributed by atoms with van der Waals surface area (Å²) in [7, 11) is 0. The molecule has 1 fully saturated rings. The van der Waals surface area contributed by atoms with Crippen molar-refractivity contribution in [1.29, 1.82) is 0 Å². The van der Waals surface area contributed by atoms with Gasteiger partial charge >= 0.3 is 0 Å². The van der Waals surface area contributed by atoms with Gasteiger partial charge in [0.2, 0.25) is 0 Å². The molecule has 0 N–H and O–H groups in total. The van der Waals surface area contributed by atoms with Crippen molar-refractivity contribution in [3.8, 4) is 0 Å². The summed E-state index contributed by atoms with van der Waals surface area (Å²) < 4.78 is 1.54. The Morgan fingerprint density at radius 3 is 2.95 bits per heavy atom. The third kappa shape index (κ3) is 2.71. The van der Waals surface area contributed by atoms with E-state index in [2.05, 4.69) is 20.9 Å². The van der Waals surface area contributed by atoms with E-state index in [4.69, 9.17) is 12.2 Å². The minimum atomic E-state index is -0.0995. The first-order valence-electron chi connectivity index (χ1n) is 5.57. The van der Waals surface area contributed by atoms with Gasteiger partial charge in [0.25, 0.3) is 5.91 Å². The highest BCUT2D eigenvalue weighted by Crippen LogP contribution is 2.36. The van der Waals surface area contributed by atoms with Crippen LogP contribution in [0.15, 0.2) is 45.4 Å². The van der Waals surface area contributed by atoms with Crippen LogP contribution in [0.4, 0.5) is 5.69 Å². The molecule has 0 aliphatic carbocycles. The average Bonchev–Trinajstić information content (AvgIpc) is 2.96. The summed E-state index contributed by atoms with van der Waals surface area (Å²) in [6, 6.07) is 5.58. The highest BCUT2D eigenvalue weighted by atomic mass is 79.9. The number of thiocarbonyl (C=S) groups is 1. The number of carbonyl (C=O) groups is 1. The molecule has 3 nitrogen and oxygen atoms in total. The van der Waals surface area contributed by atoms with Gasteiger partial charge in [-0.25, -0.2) is 0 Å². The lowest BCUT2D eigenvalue weighted by molar-refractivity contribution is -0.113. The number of pyridine rings is 1. The van der Waals surface area contributed by atoms with Crippen LogP contribution in [-0.4, -0.2) is 15.2 Å². The summed E-state index contributed by atoms with van der Waals surface area (Å²) in [4.78, 5) is 19.6. The maximum Gasteiger partial charge on any atom is 0.270 e. The molecule has 1 saturated heterocycles. The molecule has 2 aromatic heterocycles. The van der Waals surface area contributed by atoms with E-state index in [1.807, 2.05) is 23.6 Å². The van der Waals surface area contributed by atoms with Crippen LogP contribution in [0.1, 0.15) is 4.88 Å². The lowest BCUT2D eigenvalue weighted by atomic mass is 10.3. The van der Waals surface area contributed by atoms with Crippen molar-refractivity contribution in [2.45, 2.75) is 0 Å². The molecule has 3 rings (SSSR count). The van der Waals surface area contributed by atoms with E-state index in [9.17, 15) is 4.79 Å². The van der Waals surface area contributed by atoms with Crippen LogP contribution in [0.2, 0.25) is 0 Å². The number of amides is 1. The average molecular weight is 383 g/mol. The first kappa shape index (κ1) is 13.9. The zero-order valence-electron chi connectivity index (χ0n) is 9.95. The van der Waals surface area contributed by atoms with E-state index in [1.165, 1.54) is 16.7 Å². The van der Waals surface area contributed by atoms with Gasteiger partial charge < -0.3 is 0 Å². The Morgan fingerprint density at radius 1 is 1.45 bits per heavy atom. The molecule has 2 aromatic rings. The maximum absolute atomic E-state index is 12.4. The van der Waals surface area contributed by atoms with Gasteiger partial charge in [0.15, 0.2) is 4.32 Å². The van der Waals surface area contributed by atoms with Crippen LogP contribution in [0.3, 0.4) is 0 Å². The van der Waals surface area contributed by atoms with E-state index in [-0.39, 0.29) is 5.91 Å². The fourth-order valence-corrected chi connectivity index (χ4v) is 4.45. The molecule has 1 aliphatic heterocycles. The quantitative estimate of drug-likeness (QED) is 0.572. The molecular weight excluding hydrogens is 376 g/mol. The minimum Gasteiger partial charge on any atom is -0.268 e. The molecule has 0 bridgehead atoms. The molecule has 3 heterocycles. The smallest absolute Gasteiger partial charge is 0.268 e. The molecule has 0 aromatic carbocycles. The first-order chi connectivity index (χ1) is 9.65. The Kier molecular flexibility index (Phi) is 4.02. The van der Waals surface area contributed by atoms with Crippen molar-refractivity contribution in [1.82, 2.24) is 4.98 Å². The second-order valence-corrected chi connectivity index (χ2v) is 7.43. The second kappa shape index (κ2) is 5.77. The standard InChI is InChI=1S/C13H7BrN2OS3/c14-8-4-10(19-7-8)5-11-12(17)16(13(18)20-11)9-2-1-3-15-6-9/h1-7H/b11-5-. The van der Waals surface area contributed by atoms with E-state index in [0.29, 0.717) is 14.9 Å². The number of anilines is 1. The summed E-state index contributed by atoms with van der Waals surface area (Å²) in [6.07, 6.45) is 5.17. The summed E-state index contributed by atoms with van der Waals surface area (Å²) in [5.74, 6) is -0.0995. The summed E-state index contributed by atoms with van der Waals surface area (Å²) in [6.45, 7) is 0. The monoisotopic (exact) mass is 382 g/mol. The fraction of sp³-hybridized carbons (Fsp3) is 0. The van der Waals surface area contributed by atoms with Crippen LogP contribution >= 0.6 is 51.2 Å². The number of hydrogen-bond acceptors (Lipinski definition) is 5. The molecule has 7 heteroatoms. The Morgan fingerprint density at radius 2 is 2.30 bits per heavy atom. The van der Waals surface area contributed by atoms with Crippen molar-refractivity contribution in [2.24, 2.45) is 0 Å². The molecule has 1 amide bonds. The van der Waals surface area contributed by atoms with Gasteiger partial charge in [-0.05, 0) is 40.2 Å². The third-order valence-electron chi connectivity index (χ3n) is 2.56. The molecule has 0 atom stereocenters. The normalized spacial score (nSPS) is 17.2. The highest BCUT2D eigenvalue weighted by molar-refractivity contribution is 9.10. The Hall–Kier alpha value is -1.02. The number of rotatable bonds is 2. The molecule has 0 unspecified atom stereocenters. The predicted octanol–water partition coefficient (Wildman–Crippen LogP) is 4.31. The molecule has 100 valence electrons. The van der Waals surface area contributed by atoms with Gasteiger partial charge in [0, 0.05) is 20.9 Å². The van der Waals surface area contributed by atoms with E-state index < -0.39 is 0 Å². The van der Waals surface area contributed by atoms with Gasteiger partial charge in [-0.3, -0.25) is 14.7 Å². The fourth-order valence-electron chi connectivity index (χ4n) is 1.71. The van der Waals surface area contributed by atoms with Crippen LogP contribution in [-0.2, 0) is 4.79 Å². The number of aromatic nitrogens is 1. The third-order valence-corrected chi connectivity index (χ3v) is 5.50. The number of carbonyl (C=O) groups excluding carboxylic acids is 1. The lowest BCUT2D eigenvalue weighted by Crippen LogP contribution is -2.27. The predicted molar refractivity (Wildman–Crippen MR) is 91.9 cm³/mol. The maximum atomic E-state index is 12.4. The minimum absolute atomic E-state index is 0.0995. The van der Waals surface area contributed by atoms with Gasteiger partial charge in [0.05, 0.1) is 16.8 Å². The van der Waals surface area contributed by atoms with Gasteiger partial charge in [-0.1, -0.05) is 24.0 Å². The number of thioether (sulfide) groups is 1. The molecule has 20 heavy (non-hydrogen) atoms. The van der Waals surface area contributed by atoms with E-state index in [1.54, 1.807) is 29.8 Å². The summed E-state index contributed by atoms with van der Waals surface area (Å²) >= 11 is 11.6. The zero-order chi connectivity index (χ0) is 14.1. The Bertz CT molecular complexity index is 711. The van der Waals surface area contributed by atoms with Crippen molar-refractivity contribution in [3.05, 3.63) is 50.2 Å². The summed E-state index contributed by atoms with van der Waals surface area (Å²) in [5.41, 5.74) is 0.700. The Balaban J connectivity index is 1.93. The number of hydrogen-bond donors (Lipinski definition) is 0. The molecule has 0 radical (unpaired) electrons. The number of nitrogens with zero attached hydrogens (tertiary/aromatic N) is 2. The topological polar surface area (TPSA) is 33.2 Å². The van der Waals surface area contributed by atoms with Gasteiger partial charge in [-0.2, -0.15) is 0 Å². The van der Waals surface area contributed by atoms with E-state index in [0.717, 1.165) is 9.35 Å². The van der Waals surface area contributed by atoms with Crippen molar-refractivity contribution >= 4 is 73.2 Å². The van der Waals surface area contributed by atoms with Crippen LogP contribution < -0.4 is 4.90 Å². The lowest BCUT2D eigenvalue weighted by Gasteiger charge is -2.13. The number of halogens is 1. The zero-order valence-corrected chi connectivity index (χ0v) is 14.0. The van der Waals surface area contributed by atoms with E-state index >= 15 is 0 Å². The largest absolute Gasteiger partial charge is 0.270 e. The Labute approximate surface area is 137 Å². The molecule has 0 spiro atoms. The van der Waals surface area contributed by atoms with Crippen molar-refractivity contribution in [3.63, 3.8) is 0 Å². The summed E-state index contributed by atoms with van der Waals surface area (Å²) in [5, 5.41) is 1.98.